The molecule has 24 heavy (non-hydrogen) atoms. The van der Waals surface area contributed by atoms with Crippen molar-refractivity contribution >= 4 is 28.1 Å². The maximum absolute atomic E-state index is 14.0. The molecule has 1 aromatic carbocycles. The minimum absolute atomic E-state index is 0. The Morgan fingerprint density at radius 3 is 2.62 bits per heavy atom. The van der Waals surface area contributed by atoms with E-state index in [0.717, 1.165) is 12.1 Å². The van der Waals surface area contributed by atoms with Gasteiger partial charge in [0.25, 0.3) is 5.69 Å². The molecule has 1 atom stereocenters. The number of hydrogen-bond acceptors (Lipinski definition) is 5. The van der Waals surface area contributed by atoms with Gasteiger partial charge in [-0.05, 0) is 32.4 Å². The molecule has 1 unspecified atom stereocenters. The number of sulfonamides is 1. The molecule has 0 bridgehead atoms. The van der Waals surface area contributed by atoms with Crippen molar-refractivity contribution in [1.82, 2.24) is 9.62 Å². The molecule has 136 valence electrons. The number of nitrogens with one attached hydrogen (secondary N) is 1. The Balaban J connectivity index is 0.00000288. The van der Waals surface area contributed by atoms with Crippen molar-refractivity contribution in [2.24, 2.45) is 0 Å². The van der Waals surface area contributed by atoms with Crippen LogP contribution >= 0.6 is 12.4 Å². The molecule has 2 rings (SSSR count). The van der Waals surface area contributed by atoms with Crippen molar-refractivity contribution in [3.05, 3.63) is 33.6 Å². The van der Waals surface area contributed by atoms with Gasteiger partial charge in [0.1, 0.15) is 5.82 Å². The molecule has 0 amide bonds. The Kier molecular flexibility index (Phi) is 7.09. The molecule has 0 spiro atoms. The lowest BCUT2D eigenvalue weighted by molar-refractivity contribution is -0.385. The fourth-order valence-corrected chi connectivity index (χ4v) is 4.50. The normalized spacial score (nSPS) is 17.8. The van der Waals surface area contributed by atoms with Gasteiger partial charge in [-0.2, -0.15) is 4.31 Å². The van der Waals surface area contributed by atoms with Crippen molar-refractivity contribution in [3.63, 3.8) is 0 Å². The molecule has 1 aliphatic rings. The quantitative estimate of drug-likeness (QED) is 0.602. The zero-order chi connectivity index (χ0) is 17.2. The summed E-state index contributed by atoms with van der Waals surface area (Å²) in [5.41, 5.74) is -0.692. The molecule has 10 heteroatoms. The number of nitro groups is 1. The molecule has 0 radical (unpaired) electrons. The summed E-state index contributed by atoms with van der Waals surface area (Å²) >= 11 is 0. The standard InChI is InChI=1S/C14H20FN3O4S.ClH/c1-3-6-17(11-4-5-16-9-11)23(21,22)12-7-13(15)10(2)14(8-12)18(19)20;/h7-8,11,16H,3-6,9H2,1-2H3;1H. The second-order valence-corrected chi connectivity index (χ2v) is 7.46. The summed E-state index contributed by atoms with van der Waals surface area (Å²) in [6.07, 6.45) is 1.27. The predicted octanol–water partition coefficient (Wildman–Crippen LogP) is 2.23. The second kappa shape index (κ2) is 8.19. The number of halogens is 2. The Morgan fingerprint density at radius 1 is 1.46 bits per heavy atom. The van der Waals surface area contributed by atoms with Gasteiger partial charge in [0.05, 0.1) is 15.4 Å². The summed E-state index contributed by atoms with van der Waals surface area (Å²) in [6.45, 7) is 4.63. The van der Waals surface area contributed by atoms with Crippen LogP contribution in [0.3, 0.4) is 0 Å². The first kappa shape index (κ1) is 20.8. The van der Waals surface area contributed by atoms with Gasteiger partial charge in [-0.3, -0.25) is 10.1 Å². The molecule has 0 saturated carbocycles. The average Bonchev–Trinajstić information content (AvgIpc) is 3.00. The van der Waals surface area contributed by atoms with Gasteiger partial charge in [0.2, 0.25) is 10.0 Å². The van der Waals surface area contributed by atoms with E-state index in [1.54, 1.807) is 0 Å². The van der Waals surface area contributed by atoms with Crippen LogP contribution in [0.5, 0.6) is 0 Å². The van der Waals surface area contributed by atoms with E-state index >= 15 is 0 Å². The lowest BCUT2D eigenvalue weighted by Crippen LogP contribution is -2.42. The fraction of sp³-hybridized carbons (Fsp3) is 0.571. The summed E-state index contributed by atoms with van der Waals surface area (Å²) in [5, 5.41) is 14.1. The highest BCUT2D eigenvalue weighted by Crippen LogP contribution is 2.28. The van der Waals surface area contributed by atoms with E-state index in [9.17, 15) is 22.9 Å². The van der Waals surface area contributed by atoms with E-state index in [-0.39, 0.29) is 35.5 Å². The Bertz CT molecular complexity index is 708. The van der Waals surface area contributed by atoms with Crippen molar-refractivity contribution in [1.29, 1.82) is 0 Å². The third kappa shape index (κ3) is 4.02. The third-order valence-electron chi connectivity index (χ3n) is 3.98. The first-order chi connectivity index (χ1) is 10.8. The predicted molar refractivity (Wildman–Crippen MR) is 90.5 cm³/mol. The first-order valence-corrected chi connectivity index (χ1v) is 8.90. The molecule has 7 nitrogen and oxygen atoms in total. The van der Waals surface area contributed by atoms with Crippen LogP contribution in [0.1, 0.15) is 25.3 Å². The van der Waals surface area contributed by atoms with Gasteiger partial charge in [-0.1, -0.05) is 6.92 Å². The van der Waals surface area contributed by atoms with Crippen LogP contribution in [0.15, 0.2) is 17.0 Å². The summed E-state index contributed by atoms with van der Waals surface area (Å²) in [4.78, 5) is 9.89. The first-order valence-electron chi connectivity index (χ1n) is 7.46. The van der Waals surface area contributed by atoms with Crippen LogP contribution in [0, 0.1) is 22.9 Å². The van der Waals surface area contributed by atoms with E-state index in [2.05, 4.69) is 5.32 Å². The highest BCUT2D eigenvalue weighted by atomic mass is 35.5. The maximum atomic E-state index is 14.0. The van der Waals surface area contributed by atoms with Gasteiger partial charge in [-0.15, -0.1) is 12.4 Å². The van der Waals surface area contributed by atoms with Crippen LogP contribution in [0.2, 0.25) is 0 Å². The third-order valence-corrected chi connectivity index (χ3v) is 5.91. The number of hydrogen-bond donors (Lipinski definition) is 1. The van der Waals surface area contributed by atoms with E-state index < -0.39 is 26.5 Å². The molecular weight excluding hydrogens is 361 g/mol. The van der Waals surface area contributed by atoms with Gasteiger partial charge in [0, 0.05) is 25.2 Å². The van der Waals surface area contributed by atoms with Crippen LogP contribution in [-0.4, -0.2) is 43.3 Å². The van der Waals surface area contributed by atoms with Crippen molar-refractivity contribution in [2.45, 2.75) is 37.6 Å². The second-order valence-electron chi connectivity index (χ2n) is 5.57. The van der Waals surface area contributed by atoms with Gasteiger partial charge >= 0.3 is 0 Å². The lowest BCUT2D eigenvalue weighted by atomic mass is 10.2. The molecule has 1 heterocycles. The zero-order valence-corrected chi connectivity index (χ0v) is 15.1. The smallest absolute Gasteiger partial charge is 0.276 e. The number of benzene rings is 1. The molecule has 1 aromatic rings. The number of rotatable bonds is 6. The van der Waals surface area contributed by atoms with Crippen LogP contribution in [-0.2, 0) is 10.0 Å². The molecule has 0 aromatic heterocycles. The van der Waals surface area contributed by atoms with Crippen molar-refractivity contribution < 1.29 is 17.7 Å². The molecule has 1 fully saturated rings. The molecule has 1 saturated heterocycles. The summed E-state index contributed by atoms with van der Waals surface area (Å²) in [5.74, 6) is -0.890. The maximum Gasteiger partial charge on any atom is 0.276 e. The number of nitro benzene ring substituents is 1. The molecule has 0 aliphatic carbocycles. The summed E-state index contributed by atoms with van der Waals surface area (Å²) < 4.78 is 41.0. The zero-order valence-electron chi connectivity index (χ0n) is 13.5. The van der Waals surface area contributed by atoms with Crippen LogP contribution in [0.4, 0.5) is 10.1 Å². The van der Waals surface area contributed by atoms with Crippen LogP contribution < -0.4 is 5.32 Å². The van der Waals surface area contributed by atoms with E-state index in [1.165, 1.54) is 11.2 Å². The van der Waals surface area contributed by atoms with Crippen molar-refractivity contribution in [3.8, 4) is 0 Å². The molecule has 1 aliphatic heterocycles. The van der Waals surface area contributed by atoms with Crippen molar-refractivity contribution in [2.75, 3.05) is 19.6 Å². The largest absolute Gasteiger partial charge is 0.315 e. The van der Waals surface area contributed by atoms with Gasteiger partial charge < -0.3 is 5.32 Å². The van der Waals surface area contributed by atoms with E-state index in [4.69, 9.17) is 0 Å². The topological polar surface area (TPSA) is 92.6 Å². The van der Waals surface area contributed by atoms with Gasteiger partial charge in [-0.25, -0.2) is 12.8 Å². The van der Waals surface area contributed by atoms with E-state index in [1.807, 2.05) is 6.92 Å². The summed E-state index contributed by atoms with van der Waals surface area (Å²) in [7, 11) is -3.99. The minimum Gasteiger partial charge on any atom is -0.315 e. The molecule has 1 N–H and O–H groups in total. The SMILES string of the molecule is CCCN(C1CCNC1)S(=O)(=O)c1cc(F)c(C)c([N+](=O)[O-])c1.Cl. The fourth-order valence-electron chi connectivity index (χ4n) is 2.72. The highest BCUT2D eigenvalue weighted by Gasteiger charge is 2.34. The highest BCUT2D eigenvalue weighted by molar-refractivity contribution is 7.89. The van der Waals surface area contributed by atoms with Gasteiger partial charge in [0.15, 0.2) is 0 Å². The number of nitrogens with zero attached hydrogens (tertiary/aromatic N) is 2. The minimum atomic E-state index is -3.99. The Morgan fingerprint density at radius 2 is 2.12 bits per heavy atom. The monoisotopic (exact) mass is 381 g/mol. The molecular formula is C14H21ClFN3O4S. The lowest BCUT2D eigenvalue weighted by Gasteiger charge is -2.27. The average molecular weight is 382 g/mol. The van der Waals surface area contributed by atoms with E-state index in [0.29, 0.717) is 25.9 Å². The Labute approximate surface area is 146 Å². The summed E-state index contributed by atoms with van der Waals surface area (Å²) in [6, 6.07) is 1.59. The Hall–Kier alpha value is -1.29. The van der Waals surface area contributed by atoms with Crippen LogP contribution in [0.25, 0.3) is 0 Å².